The molecule has 1 saturated heterocycles. The first kappa shape index (κ1) is 9.32. The maximum absolute atomic E-state index is 9.60. The summed E-state index contributed by atoms with van der Waals surface area (Å²) in [6.45, 7) is 1.89. The van der Waals surface area contributed by atoms with Crippen molar-refractivity contribution >= 4 is 10.3 Å². The second-order valence-corrected chi connectivity index (χ2v) is 6.57. The van der Waals surface area contributed by atoms with Gasteiger partial charge in [-0.15, -0.1) is 10.3 Å². The van der Waals surface area contributed by atoms with Crippen LogP contribution in [0.4, 0.5) is 0 Å². The van der Waals surface area contributed by atoms with Crippen LogP contribution in [0.25, 0.3) is 0 Å². The summed E-state index contributed by atoms with van der Waals surface area (Å²) in [4.78, 5) is 0. The number of rotatable bonds is 0. The van der Waals surface area contributed by atoms with Crippen molar-refractivity contribution < 1.29 is 14.8 Å². The van der Waals surface area contributed by atoms with E-state index in [1.54, 1.807) is 6.26 Å². The molecule has 0 radical (unpaired) electrons. The lowest BCUT2D eigenvalue weighted by molar-refractivity contribution is 0.0216. The molecular formula is C7H16O3S. The Bertz CT molecular complexity index is 149. The summed E-state index contributed by atoms with van der Waals surface area (Å²) in [6, 6.07) is 0. The number of aliphatic hydroxyl groups excluding tert-OH is 2. The van der Waals surface area contributed by atoms with E-state index in [0.717, 1.165) is 6.42 Å². The van der Waals surface area contributed by atoms with Gasteiger partial charge in [-0.1, -0.05) is 6.92 Å². The minimum Gasteiger partial charge on any atom is -0.389 e. The Kier molecular flexibility index (Phi) is 2.49. The van der Waals surface area contributed by atoms with E-state index in [-0.39, 0.29) is 5.92 Å². The predicted molar refractivity (Wildman–Crippen MR) is 46.8 cm³/mol. The zero-order valence-corrected chi connectivity index (χ0v) is 7.71. The predicted octanol–water partition coefficient (Wildman–Crippen LogP) is 0.613. The molecule has 0 aromatic rings. The van der Waals surface area contributed by atoms with E-state index in [0.29, 0.717) is 5.75 Å². The molecule has 1 aliphatic rings. The van der Waals surface area contributed by atoms with Crippen molar-refractivity contribution in [2.75, 3.05) is 12.0 Å². The average Bonchev–Trinajstić information content (AvgIpc) is 1.95. The third-order valence-electron chi connectivity index (χ3n) is 2.38. The van der Waals surface area contributed by atoms with Crippen molar-refractivity contribution in [3.63, 3.8) is 0 Å². The molecule has 2 unspecified atom stereocenters. The van der Waals surface area contributed by atoms with Gasteiger partial charge in [-0.05, 0) is 18.6 Å². The molecule has 0 aromatic heterocycles. The molecule has 4 atom stereocenters. The molecule has 11 heavy (non-hydrogen) atoms. The lowest BCUT2D eigenvalue weighted by atomic mass is 10.0. The molecule has 4 heteroatoms. The van der Waals surface area contributed by atoms with Crippen LogP contribution in [0.5, 0.6) is 0 Å². The van der Waals surface area contributed by atoms with Gasteiger partial charge in [-0.2, -0.15) is 0 Å². The Morgan fingerprint density at radius 3 is 2.36 bits per heavy atom. The number of hydrogen-bond donors (Lipinski definition) is 3. The summed E-state index contributed by atoms with van der Waals surface area (Å²) < 4.78 is 9.60. The lowest BCUT2D eigenvalue weighted by Gasteiger charge is -2.44. The Morgan fingerprint density at radius 1 is 1.36 bits per heavy atom. The normalized spacial score (nSPS) is 58.5. The van der Waals surface area contributed by atoms with E-state index in [4.69, 9.17) is 0 Å². The molecule has 3 nitrogen and oxygen atoms in total. The zero-order valence-electron chi connectivity index (χ0n) is 6.90. The van der Waals surface area contributed by atoms with Crippen LogP contribution in [0.3, 0.4) is 0 Å². The summed E-state index contributed by atoms with van der Waals surface area (Å²) in [5, 5.41) is 18.8. The first-order chi connectivity index (χ1) is 4.95. The second kappa shape index (κ2) is 2.94. The van der Waals surface area contributed by atoms with Crippen LogP contribution in [-0.4, -0.2) is 38.3 Å². The highest BCUT2D eigenvalue weighted by molar-refractivity contribution is 8.28. The maximum Gasteiger partial charge on any atom is 0.130 e. The maximum atomic E-state index is 9.60. The van der Waals surface area contributed by atoms with Gasteiger partial charge < -0.3 is 14.8 Å². The fourth-order valence-corrected chi connectivity index (χ4v) is 3.26. The first-order valence-corrected chi connectivity index (χ1v) is 6.01. The van der Waals surface area contributed by atoms with E-state index >= 15 is 0 Å². The highest BCUT2D eigenvalue weighted by Gasteiger charge is 2.38. The number of hydrogen-bond acceptors (Lipinski definition) is 3. The summed E-state index contributed by atoms with van der Waals surface area (Å²) in [7, 11) is -1.94. The van der Waals surface area contributed by atoms with Crippen LogP contribution in [0.1, 0.15) is 13.3 Å². The van der Waals surface area contributed by atoms with Gasteiger partial charge in [0.15, 0.2) is 0 Å². The molecule has 1 aliphatic heterocycles. The fourth-order valence-electron chi connectivity index (χ4n) is 1.30. The molecule has 0 amide bonds. The topological polar surface area (TPSA) is 60.7 Å². The molecule has 1 rings (SSSR count). The SMILES string of the molecule is CC1CCS(C)(O)[C@@H](O)[C@@H]1O. The first-order valence-electron chi connectivity index (χ1n) is 3.78. The Hall–Kier alpha value is 0.230. The molecular weight excluding hydrogens is 164 g/mol. The van der Waals surface area contributed by atoms with Crippen molar-refractivity contribution in [3.05, 3.63) is 0 Å². The van der Waals surface area contributed by atoms with E-state index in [1.807, 2.05) is 6.92 Å². The quantitative estimate of drug-likeness (QED) is 0.512. The second-order valence-electron chi connectivity index (χ2n) is 3.46. The minimum atomic E-state index is -1.94. The molecule has 3 N–H and O–H groups in total. The van der Waals surface area contributed by atoms with Gasteiger partial charge in [0.1, 0.15) is 5.44 Å². The zero-order chi connectivity index (χ0) is 8.65. The van der Waals surface area contributed by atoms with Crippen molar-refractivity contribution in [1.82, 2.24) is 0 Å². The van der Waals surface area contributed by atoms with Gasteiger partial charge in [-0.3, -0.25) is 0 Å². The Labute approximate surface area is 68.6 Å². The molecule has 1 fully saturated rings. The van der Waals surface area contributed by atoms with E-state index in [9.17, 15) is 14.8 Å². The van der Waals surface area contributed by atoms with Crippen molar-refractivity contribution in [2.45, 2.75) is 24.9 Å². The van der Waals surface area contributed by atoms with Crippen molar-refractivity contribution in [2.24, 2.45) is 5.92 Å². The average molecular weight is 180 g/mol. The summed E-state index contributed by atoms with van der Waals surface area (Å²) in [6.07, 6.45) is 1.71. The molecule has 0 saturated carbocycles. The highest BCUT2D eigenvalue weighted by atomic mass is 32.3. The summed E-state index contributed by atoms with van der Waals surface area (Å²) >= 11 is 0. The molecule has 68 valence electrons. The summed E-state index contributed by atoms with van der Waals surface area (Å²) in [5.74, 6) is 0.754. The van der Waals surface area contributed by atoms with Crippen molar-refractivity contribution in [3.8, 4) is 0 Å². The van der Waals surface area contributed by atoms with E-state index in [1.165, 1.54) is 0 Å². The Balaban J connectivity index is 2.67. The summed E-state index contributed by atoms with van der Waals surface area (Å²) in [5.41, 5.74) is -0.911. The molecule has 0 spiro atoms. The van der Waals surface area contributed by atoms with Gasteiger partial charge in [-0.25, -0.2) is 0 Å². The van der Waals surface area contributed by atoms with Gasteiger partial charge in [0.05, 0.1) is 6.10 Å². The van der Waals surface area contributed by atoms with Gasteiger partial charge in [0.2, 0.25) is 0 Å². The van der Waals surface area contributed by atoms with Crippen molar-refractivity contribution in [1.29, 1.82) is 0 Å². The largest absolute Gasteiger partial charge is 0.389 e. The molecule has 0 aliphatic carbocycles. The van der Waals surface area contributed by atoms with Crippen LogP contribution in [0.2, 0.25) is 0 Å². The van der Waals surface area contributed by atoms with Gasteiger partial charge in [0.25, 0.3) is 0 Å². The van der Waals surface area contributed by atoms with Crippen LogP contribution in [-0.2, 0) is 0 Å². The molecule has 1 heterocycles. The standard InChI is InChI=1S/C7H16O3S/c1-5-3-4-11(2,10)7(9)6(5)8/h5-10H,3-4H2,1-2H3/t5?,6-,7-/m1/s1. The lowest BCUT2D eigenvalue weighted by Crippen LogP contribution is -2.41. The van der Waals surface area contributed by atoms with E-state index in [2.05, 4.69) is 0 Å². The van der Waals surface area contributed by atoms with Gasteiger partial charge in [0, 0.05) is 5.75 Å². The van der Waals surface area contributed by atoms with E-state index < -0.39 is 21.8 Å². The van der Waals surface area contributed by atoms with Crippen LogP contribution in [0.15, 0.2) is 0 Å². The highest BCUT2D eigenvalue weighted by Crippen LogP contribution is 2.50. The fraction of sp³-hybridized carbons (Fsp3) is 1.00. The third-order valence-corrected chi connectivity index (χ3v) is 4.76. The smallest absolute Gasteiger partial charge is 0.130 e. The van der Waals surface area contributed by atoms with Gasteiger partial charge >= 0.3 is 0 Å². The Morgan fingerprint density at radius 2 is 1.91 bits per heavy atom. The van der Waals surface area contributed by atoms with Crippen LogP contribution >= 0.6 is 10.3 Å². The number of aliphatic hydroxyl groups is 2. The van der Waals surface area contributed by atoms with Crippen LogP contribution < -0.4 is 0 Å². The minimum absolute atomic E-state index is 0.109. The van der Waals surface area contributed by atoms with Crippen LogP contribution in [0, 0.1) is 5.92 Å². The third kappa shape index (κ3) is 1.69. The molecule has 0 aromatic carbocycles. The molecule has 0 bridgehead atoms. The monoisotopic (exact) mass is 180 g/mol.